The standard InChI is InChI=1S/C16H17ClFN/c1-2-8-19-11-13-6-7-14(17)10-16(13)12-4-3-5-15(18)9-12/h3-7,9-10,19H,2,8,11H2,1H3. The Morgan fingerprint density at radius 3 is 2.74 bits per heavy atom. The van der Waals surface area contributed by atoms with Gasteiger partial charge in [0.15, 0.2) is 0 Å². The van der Waals surface area contributed by atoms with Crippen molar-refractivity contribution in [3.05, 3.63) is 58.9 Å². The van der Waals surface area contributed by atoms with Gasteiger partial charge in [-0.3, -0.25) is 0 Å². The number of hydrogen-bond donors (Lipinski definition) is 1. The Morgan fingerprint density at radius 2 is 2.00 bits per heavy atom. The minimum atomic E-state index is -0.232. The molecule has 0 amide bonds. The van der Waals surface area contributed by atoms with E-state index >= 15 is 0 Å². The number of hydrogen-bond acceptors (Lipinski definition) is 1. The van der Waals surface area contributed by atoms with E-state index in [1.54, 1.807) is 6.07 Å². The van der Waals surface area contributed by atoms with Crippen molar-refractivity contribution in [3.63, 3.8) is 0 Å². The van der Waals surface area contributed by atoms with E-state index in [-0.39, 0.29) is 5.82 Å². The third kappa shape index (κ3) is 3.79. The molecule has 0 aliphatic rings. The second-order valence-electron chi connectivity index (χ2n) is 4.49. The van der Waals surface area contributed by atoms with Crippen molar-refractivity contribution < 1.29 is 4.39 Å². The van der Waals surface area contributed by atoms with Crippen molar-refractivity contribution in [1.82, 2.24) is 5.32 Å². The van der Waals surface area contributed by atoms with E-state index in [4.69, 9.17) is 11.6 Å². The molecule has 1 N–H and O–H groups in total. The molecule has 0 aromatic heterocycles. The minimum Gasteiger partial charge on any atom is -0.313 e. The maximum Gasteiger partial charge on any atom is 0.123 e. The molecule has 0 aliphatic carbocycles. The molecule has 0 saturated heterocycles. The zero-order valence-electron chi connectivity index (χ0n) is 10.9. The van der Waals surface area contributed by atoms with Crippen LogP contribution in [0, 0.1) is 5.82 Å². The highest BCUT2D eigenvalue weighted by Crippen LogP contribution is 2.27. The van der Waals surface area contributed by atoms with Gasteiger partial charge in [-0.15, -0.1) is 0 Å². The Bertz CT molecular complexity index is 554. The van der Waals surface area contributed by atoms with Crippen LogP contribution < -0.4 is 5.32 Å². The molecular formula is C16H17ClFN. The molecule has 0 radical (unpaired) electrons. The van der Waals surface area contributed by atoms with E-state index in [9.17, 15) is 4.39 Å². The molecule has 100 valence electrons. The highest BCUT2D eigenvalue weighted by atomic mass is 35.5. The van der Waals surface area contributed by atoms with Crippen LogP contribution in [0.3, 0.4) is 0 Å². The van der Waals surface area contributed by atoms with Gasteiger partial charge in [-0.1, -0.05) is 36.7 Å². The Balaban J connectivity index is 2.34. The van der Waals surface area contributed by atoms with Gasteiger partial charge in [0, 0.05) is 11.6 Å². The van der Waals surface area contributed by atoms with Gasteiger partial charge in [0.25, 0.3) is 0 Å². The third-order valence-electron chi connectivity index (χ3n) is 2.95. The molecule has 3 heteroatoms. The van der Waals surface area contributed by atoms with Crippen molar-refractivity contribution in [2.45, 2.75) is 19.9 Å². The first-order chi connectivity index (χ1) is 9.20. The van der Waals surface area contributed by atoms with Crippen LogP contribution in [0.1, 0.15) is 18.9 Å². The second kappa shape index (κ2) is 6.69. The molecule has 0 heterocycles. The van der Waals surface area contributed by atoms with Gasteiger partial charge in [0.05, 0.1) is 0 Å². The van der Waals surface area contributed by atoms with Gasteiger partial charge in [-0.2, -0.15) is 0 Å². The summed E-state index contributed by atoms with van der Waals surface area (Å²) >= 11 is 6.05. The first kappa shape index (κ1) is 14.0. The van der Waals surface area contributed by atoms with Crippen LogP contribution in [0.2, 0.25) is 5.02 Å². The summed E-state index contributed by atoms with van der Waals surface area (Å²) in [6, 6.07) is 12.3. The van der Waals surface area contributed by atoms with Gasteiger partial charge in [0.2, 0.25) is 0 Å². The fourth-order valence-electron chi connectivity index (χ4n) is 2.03. The summed E-state index contributed by atoms with van der Waals surface area (Å²) in [5, 5.41) is 4.02. The molecule has 2 rings (SSSR count). The van der Waals surface area contributed by atoms with E-state index in [0.717, 1.165) is 36.2 Å². The molecule has 0 aliphatic heterocycles. The van der Waals surface area contributed by atoms with Crippen LogP contribution in [-0.4, -0.2) is 6.54 Å². The smallest absolute Gasteiger partial charge is 0.123 e. The lowest BCUT2D eigenvalue weighted by Crippen LogP contribution is -2.14. The first-order valence-electron chi connectivity index (χ1n) is 6.46. The molecule has 2 aromatic carbocycles. The summed E-state index contributed by atoms with van der Waals surface area (Å²) in [5.74, 6) is -0.232. The number of nitrogens with one attached hydrogen (secondary N) is 1. The topological polar surface area (TPSA) is 12.0 Å². The Labute approximate surface area is 118 Å². The monoisotopic (exact) mass is 277 g/mol. The molecule has 0 unspecified atom stereocenters. The van der Waals surface area contributed by atoms with Crippen LogP contribution in [0.15, 0.2) is 42.5 Å². The summed E-state index contributed by atoms with van der Waals surface area (Å²) in [6.07, 6.45) is 1.09. The van der Waals surface area contributed by atoms with Crippen LogP contribution in [0.25, 0.3) is 11.1 Å². The molecule has 0 bridgehead atoms. The van der Waals surface area contributed by atoms with Crippen LogP contribution >= 0.6 is 11.6 Å². The number of rotatable bonds is 5. The van der Waals surface area contributed by atoms with Gasteiger partial charge < -0.3 is 5.32 Å². The molecular weight excluding hydrogens is 261 g/mol. The van der Waals surface area contributed by atoms with E-state index in [2.05, 4.69) is 12.2 Å². The van der Waals surface area contributed by atoms with E-state index in [1.807, 2.05) is 24.3 Å². The summed E-state index contributed by atoms with van der Waals surface area (Å²) < 4.78 is 13.3. The fourth-order valence-corrected chi connectivity index (χ4v) is 2.20. The van der Waals surface area contributed by atoms with Crippen molar-refractivity contribution in [2.75, 3.05) is 6.54 Å². The highest BCUT2D eigenvalue weighted by Gasteiger charge is 2.06. The van der Waals surface area contributed by atoms with E-state index in [1.165, 1.54) is 12.1 Å². The predicted molar refractivity (Wildman–Crippen MR) is 78.8 cm³/mol. The highest BCUT2D eigenvalue weighted by molar-refractivity contribution is 6.30. The Kier molecular flexibility index (Phi) is 4.94. The van der Waals surface area contributed by atoms with E-state index < -0.39 is 0 Å². The molecule has 1 nitrogen and oxygen atoms in total. The first-order valence-corrected chi connectivity index (χ1v) is 6.83. The fraction of sp³-hybridized carbons (Fsp3) is 0.250. The molecule has 0 atom stereocenters. The maximum absolute atomic E-state index is 13.3. The van der Waals surface area contributed by atoms with Crippen LogP contribution in [-0.2, 0) is 6.54 Å². The Hall–Kier alpha value is -1.38. The lowest BCUT2D eigenvalue weighted by atomic mass is 9.99. The van der Waals surface area contributed by atoms with Crippen molar-refractivity contribution >= 4 is 11.6 Å². The molecule has 0 spiro atoms. The van der Waals surface area contributed by atoms with Gasteiger partial charge in [0.1, 0.15) is 5.82 Å². The van der Waals surface area contributed by atoms with Crippen LogP contribution in [0.5, 0.6) is 0 Å². The second-order valence-corrected chi connectivity index (χ2v) is 4.93. The number of benzene rings is 2. The van der Waals surface area contributed by atoms with Crippen molar-refractivity contribution in [3.8, 4) is 11.1 Å². The molecule has 0 saturated carbocycles. The summed E-state index contributed by atoms with van der Waals surface area (Å²) in [4.78, 5) is 0. The predicted octanol–water partition coefficient (Wildman–Crippen LogP) is 4.65. The van der Waals surface area contributed by atoms with Gasteiger partial charge in [-0.05, 0) is 53.9 Å². The normalized spacial score (nSPS) is 10.7. The zero-order valence-corrected chi connectivity index (χ0v) is 11.7. The van der Waals surface area contributed by atoms with Crippen molar-refractivity contribution in [1.29, 1.82) is 0 Å². The third-order valence-corrected chi connectivity index (χ3v) is 3.18. The summed E-state index contributed by atoms with van der Waals surface area (Å²) in [5.41, 5.74) is 2.97. The molecule has 19 heavy (non-hydrogen) atoms. The van der Waals surface area contributed by atoms with Gasteiger partial charge >= 0.3 is 0 Å². The number of halogens is 2. The lowest BCUT2D eigenvalue weighted by Gasteiger charge is -2.11. The minimum absolute atomic E-state index is 0.232. The average molecular weight is 278 g/mol. The lowest BCUT2D eigenvalue weighted by molar-refractivity contribution is 0.628. The quantitative estimate of drug-likeness (QED) is 0.785. The SMILES string of the molecule is CCCNCc1ccc(Cl)cc1-c1cccc(F)c1. The largest absolute Gasteiger partial charge is 0.313 e. The summed E-state index contributed by atoms with van der Waals surface area (Å²) in [6.45, 7) is 3.85. The summed E-state index contributed by atoms with van der Waals surface area (Å²) in [7, 11) is 0. The zero-order chi connectivity index (χ0) is 13.7. The van der Waals surface area contributed by atoms with Crippen LogP contribution in [0.4, 0.5) is 4.39 Å². The molecule has 2 aromatic rings. The molecule has 0 fully saturated rings. The van der Waals surface area contributed by atoms with Crippen molar-refractivity contribution in [2.24, 2.45) is 0 Å². The van der Waals surface area contributed by atoms with E-state index in [0.29, 0.717) is 5.02 Å². The average Bonchev–Trinajstić information content (AvgIpc) is 2.40. The maximum atomic E-state index is 13.3. The Morgan fingerprint density at radius 1 is 1.16 bits per heavy atom. The van der Waals surface area contributed by atoms with Gasteiger partial charge in [-0.25, -0.2) is 4.39 Å².